The number of carbonyl (C=O) groups is 1. The second kappa shape index (κ2) is 8.82. The fraction of sp³-hybridized carbons (Fsp3) is 0.577. The number of fused-ring (bicyclic) bond motifs is 3. The summed E-state index contributed by atoms with van der Waals surface area (Å²) in [6, 6.07) is 6.82. The third-order valence-corrected chi connectivity index (χ3v) is 9.12. The number of hydrogen-bond acceptors (Lipinski definition) is 3. The molecule has 0 heterocycles. The van der Waals surface area contributed by atoms with Crippen LogP contribution in [0.2, 0.25) is 0 Å². The summed E-state index contributed by atoms with van der Waals surface area (Å²) in [5.74, 6) is 3.63. The Kier molecular flexibility index (Phi) is 6.30. The Balaban J connectivity index is 1.67. The molecule has 2 bridgehead atoms. The maximum Gasteiger partial charge on any atom is 0.261 e. The predicted octanol–water partition coefficient (Wildman–Crippen LogP) is 5.14. The summed E-state index contributed by atoms with van der Waals surface area (Å²) in [6.45, 7) is 1.93. The molecule has 0 amide bonds. The van der Waals surface area contributed by atoms with Gasteiger partial charge in [0.05, 0.1) is 10.3 Å². The zero-order valence-corrected chi connectivity index (χ0v) is 19.2. The van der Waals surface area contributed by atoms with E-state index in [9.17, 15) is 13.2 Å². The van der Waals surface area contributed by atoms with Crippen LogP contribution in [0.5, 0.6) is 0 Å². The van der Waals surface area contributed by atoms with Gasteiger partial charge in [0.1, 0.15) is 5.78 Å². The van der Waals surface area contributed by atoms with E-state index in [0.717, 1.165) is 31.2 Å². The van der Waals surface area contributed by atoms with Crippen molar-refractivity contribution < 1.29 is 13.2 Å². The molecule has 0 spiro atoms. The fourth-order valence-corrected chi connectivity index (χ4v) is 6.92. The number of allylic oxidation sites excluding steroid dienone is 2. The molecular formula is C26H33NO3S. The molecule has 4 aliphatic carbocycles. The van der Waals surface area contributed by atoms with Crippen molar-refractivity contribution in [3.63, 3.8) is 0 Å². The first-order valence-electron chi connectivity index (χ1n) is 11.7. The second-order valence-corrected chi connectivity index (χ2v) is 11.4. The van der Waals surface area contributed by atoms with E-state index in [1.165, 1.54) is 32.1 Å². The van der Waals surface area contributed by atoms with Gasteiger partial charge >= 0.3 is 0 Å². The summed E-state index contributed by atoms with van der Waals surface area (Å²) in [5, 5.41) is 0. The van der Waals surface area contributed by atoms with Crippen LogP contribution in [0.4, 0.5) is 0 Å². The van der Waals surface area contributed by atoms with Crippen molar-refractivity contribution >= 4 is 15.8 Å². The van der Waals surface area contributed by atoms with Gasteiger partial charge in [-0.1, -0.05) is 61.8 Å². The van der Waals surface area contributed by atoms with Crippen LogP contribution in [0.1, 0.15) is 69.8 Å². The molecule has 0 unspecified atom stereocenters. The molecule has 2 fully saturated rings. The molecule has 1 aromatic rings. The first-order valence-corrected chi connectivity index (χ1v) is 13.1. The second-order valence-electron chi connectivity index (χ2n) is 9.71. The van der Waals surface area contributed by atoms with Gasteiger partial charge in [0.15, 0.2) is 0 Å². The Bertz CT molecular complexity index is 996. The Morgan fingerprint density at radius 2 is 1.81 bits per heavy atom. The molecule has 0 radical (unpaired) electrons. The molecule has 0 aromatic heterocycles. The largest absolute Gasteiger partial charge is 0.299 e. The van der Waals surface area contributed by atoms with E-state index in [2.05, 4.69) is 10.6 Å². The number of Topliss-reactive ketones (excluding diaryl/α,β-unsaturated/α-hetero) is 1. The number of benzene rings is 1. The lowest BCUT2D eigenvalue weighted by Gasteiger charge is -2.39. The zero-order chi connectivity index (χ0) is 22.1. The van der Waals surface area contributed by atoms with Gasteiger partial charge in [-0.3, -0.25) is 9.52 Å². The molecule has 5 rings (SSSR count). The number of hydrogen-bond donors (Lipinski definition) is 1. The smallest absolute Gasteiger partial charge is 0.261 e. The molecule has 1 N–H and O–H groups in total. The monoisotopic (exact) mass is 439 g/mol. The van der Waals surface area contributed by atoms with Crippen molar-refractivity contribution in [2.75, 3.05) is 0 Å². The van der Waals surface area contributed by atoms with Gasteiger partial charge in [0.2, 0.25) is 0 Å². The van der Waals surface area contributed by atoms with E-state index < -0.39 is 15.4 Å². The van der Waals surface area contributed by atoms with Crippen LogP contribution in [-0.2, 0) is 14.8 Å². The van der Waals surface area contributed by atoms with Crippen LogP contribution >= 0.6 is 0 Å². The highest BCUT2D eigenvalue weighted by Crippen LogP contribution is 2.51. The Hall–Kier alpha value is -2.06. The maximum atomic E-state index is 13.2. The Morgan fingerprint density at radius 3 is 2.45 bits per heavy atom. The first kappa shape index (κ1) is 22.1. The first-order chi connectivity index (χ1) is 14.8. The van der Waals surface area contributed by atoms with Gasteiger partial charge in [0.25, 0.3) is 10.0 Å². The van der Waals surface area contributed by atoms with Crippen LogP contribution in [0.15, 0.2) is 40.9 Å². The van der Waals surface area contributed by atoms with Crippen LogP contribution in [-0.4, -0.2) is 14.2 Å². The summed E-state index contributed by atoms with van der Waals surface area (Å²) >= 11 is 0. The number of carbonyl (C=O) groups excluding carboxylic acids is 1. The third-order valence-electron chi connectivity index (χ3n) is 7.74. The third kappa shape index (κ3) is 4.46. The van der Waals surface area contributed by atoms with Crippen molar-refractivity contribution in [2.45, 2.75) is 76.0 Å². The van der Waals surface area contributed by atoms with E-state index in [4.69, 9.17) is 6.42 Å². The number of sulfonamides is 1. The molecular weight excluding hydrogens is 406 g/mol. The summed E-state index contributed by atoms with van der Waals surface area (Å²) in [6.07, 6.45) is 18.1. The summed E-state index contributed by atoms with van der Waals surface area (Å²) < 4.78 is 29.3. The van der Waals surface area contributed by atoms with Gasteiger partial charge in [-0.2, -0.15) is 0 Å². The average molecular weight is 440 g/mol. The fourth-order valence-electron chi connectivity index (χ4n) is 5.77. The molecule has 3 atom stereocenters. The number of ketones is 1. The summed E-state index contributed by atoms with van der Waals surface area (Å²) in [4.78, 5) is 12.9. The summed E-state index contributed by atoms with van der Waals surface area (Å²) in [5.41, 5.74) is 0.835. The van der Waals surface area contributed by atoms with Crippen molar-refractivity contribution in [2.24, 2.45) is 23.2 Å². The molecule has 5 heteroatoms. The topological polar surface area (TPSA) is 63.2 Å². The molecule has 4 aliphatic rings. The SMILES string of the molecule is C#C[C@@]1(CCC2CCCCC2)C(NS(=O)(=O)c2ccc(C)cc2)=C[C@H]2CC[C@@H]1CC2=O. The predicted molar refractivity (Wildman–Crippen MR) is 122 cm³/mol. The van der Waals surface area contributed by atoms with Crippen molar-refractivity contribution in [1.82, 2.24) is 4.72 Å². The van der Waals surface area contributed by atoms with Crippen LogP contribution in [0.3, 0.4) is 0 Å². The lowest BCUT2D eigenvalue weighted by Crippen LogP contribution is -2.40. The molecule has 166 valence electrons. The minimum atomic E-state index is -3.78. The molecule has 0 saturated heterocycles. The van der Waals surface area contributed by atoms with Crippen molar-refractivity contribution in [3.8, 4) is 12.3 Å². The van der Waals surface area contributed by atoms with Crippen molar-refractivity contribution in [1.29, 1.82) is 0 Å². The molecule has 4 nitrogen and oxygen atoms in total. The highest BCUT2D eigenvalue weighted by molar-refractivity contribution is 7.89. The van der Waals surface area contributed by atoms with Gasteiger partial charge in [-0.15, -0.1) is 6.42 Å². The van der Waals surface area contributed by atoms with Crippen LogP contribution in [0.25, 0.3) is 0 Å². The maximum absolute atomic E-state index is 13.2. The van der Waals surface area contributed by atoms with E-state index >= 15 is 0 Å². The number of nitrogens with one attached hydrogen (secondary N) is 1. The quantitative estimate of drug-likeness (QED) is 0.625. The van der Waals surface area contributed by atoms with E-state index in [1.807, 2.05) is 13.0 Å². The zero-order valence-electron chi connectivity index (χ0n) is 18.4. The highest BCUT2D eigenvalue weighted by Gasteiger charge is 2.48. The molecule has 0 aliphatic heterocycles. The van der Waals surface area contributed by atoms with Gasteiger partial charge in [-0.25, -0.2) is 8.42 Å². The number of aryl methyl sites for hydroxylation is 1. The highest BCUT2D eigenvalue weighted by atomic mass is 32.2. The minimum Gasteiger partial charge on any atom is -0.299 e. The lowest BCUT2D eigenvalue weighted by atomic mass is 9.65. The van der Waals surface area contributed by atoms with Gasteiger partial charge in [0, 0.05) is 18.0 Å². The number of rotatable bonds is 6. The molecule has 1 aromatic carbocycles. The Morgan fingerprint density at radius 1 is 1.10 bits per heavy atom. The van der Waals surface area contributed by atoms with E-state index in [1.54, 1.807) is 24.3 Å². The van der Waals surface area contributed by atoms with Gasteiger partial charge < -0.3 is 0 Å². The average Bonchev–Trinajstić information content (AvgIpc) is 2.96. The van der Waals surface area contributed by atoms with Crippen LogP contribution < -0.4 is 4.72 Å². The standard InChI is InChI=1S/C26H33NO3S/c1-3-26(16-15-20-7-5-4-6-8-20)22-12-11-21(24(28)18-22)17-25(26)27-31(29,30)23-13-9-19(2)10-14-23/h1,9-10,13-14,17,20-22,27H,4-8,11-12,15-16,18H2,2H3/t21-,22-,26+/m1/s1. The molecule has 31 heavy (non-hydrogen) atoms. The molecule has 2 saturated carbocycles. The Labute approximate surface area is 186 Å². The number of terminal acetylenes is 1. The van der Waals surface area contributed by atoms with Crippen molar-refractivity contribution in [3.05, 3.63) is 41.6 Å². The van der Waals surface area contributed by atoms with E-state index in [0.29, 0.717) is 18.0 Å². The van der Waals surface area contributed by atoms with E-state index in [-0.39, 0.29) is 22.5 Å². The van der Waals surface area contributed by atoms with Gasteiger partial charge in [-0.05, 0) is 56.6 Å². The normalized spacial score (nSPS) is 29.2. The lowest BCUT2D eigenvalue weighted by molar-refractivity contribution is -0.124. The minimum absolute atomic E-state index is 0.000640. The van der Waals surface area contributed by atoms with Crippen LogP contribution in [0, 0.1) is 42.4 Å². The summed E-state index contributed by atoms with van der Waals surface area (Å²) in [7, 11) is -3.78.